The van der Waals surface area contributed by atoms with Crippen molar-refractivity contribution in [2.24, 2.45) is 11.5 Å². The molecule has 7 heteroatoms. The fourth-order valence-electron chi connectivity index (χ4n) is 0.606. The first kappa shape index (κ1) is 19.6. The van der Waals surface area contributed by atoms with Crippen molar-refractivity contribution in [2.45, 2.75) is 6.92 Å². The van der Waals surface area contributed by atoms with Crippen LogP contribution in [0.15, 0.2) is 36.9 Å². The summed E-state index contributed by atoms with van der Waals surface area (Å²) in [6.07, 6.45) is 1.53. The van der Waals surface area contributed by atoms with Crippen LogP contribution in [0.25, 0.3) is 0 Å². The minimum atomic E-state index is -0.333. The van der Waals surface area contributed by atoms with E-state index in [1.165, 1.54) is 13.0 Å². The summed E-state index contributed by atoms with van der Waals surface area (Å²) in [5.41, 5.74) is 8.94. The number of hydrogen-bond acceptors (Lipinski definition) is 3. The molecule has 5 nitrogen and oxygen atoms in total. The molecule has 0 aromatic heterocycles. The summed E-state index contributed by atoms with van der Waals surface area (Å²) in [6.45, 7) is 5.03. The molecule has 5 N–H and O–H groups in total. The van der Waals surface area contributed by atoms with Crippen LogP contribution in [0.1, 0.15) is 6.92 Å². The fraction of sp³-hybridized carbons (Fsp3) is 0.167. The fourth-order valence-corrected chi connectivity index (χ4v) is 0.858. The quantitative estimate of drug-likeness (QED) is 0.338. The van der Waals surface area contributed by atoms with E-state index in [0.29, 0.717) is 6.61 Å². The van der Waals surface area contributed by atoms with Gasteiger partial charge in [0.05, 0.1) is 0 Å². The summed E-state index contributed by atoms with van der Waals surface area (Å²) in [4.78, 5) is 9.93. The number of rotatable bonds is 2. The van der Waals surface area contributed by atoms with Gasteiger partial charge in [0, 0.05) is 17.0 Å². The van der Waals surface area contributed by atoms with E-state index in [9.17, 15) is 4.79 Å². The zero-order valence-electron chi connectivity index (χ0n) is 10.5. The molecule has 0 saturated carbocycles. The highest BCUT2D eigenvalue weighted by Crippen LogP contribution is 2.12. The van der Waals surface area contributed by atoms with Crippen molar-refractivity contribution in [3.63, 3.8) is 0 Å². The van der Waals surface area contributed by atoms with E-state index in [-0.39, 0.29) is 11.9 Å². The van der Waals surface area contributed by atoms with Gasteiger partial charge in [-0.05, 0) is 24.3 Å². The number of halogens is 2. The van der Waals surface area contributed by atoms with Crippen LogP contribution in [-0.4, -0.2) is 18.5 Å². The second-order valence-corrected chi connectivity index (χ2v) is 3.86. The summed E-state index contributed by atoms with van der Waals surface area (Å²) in [6, 6.07) is 7.02. The summed E-state index contributed by atoms with van der Waals surface area (Å²) in [7, 11) is 0. The first-order valence-corrected chi connectivity index (χ1v) is 5.80. The van der Waals surface area contributed by atoms with Crippen molar-refractivity contribution in [3.05, 3.63) is 47.0 Å². The Morgan fingerprint density at radius 1 is 1.32 bits per heavy atom. The number of esters is 1. The number of guanidine groups is 1. The average molecular weight is 306 g/mol. The lowest BCUT2D eigenvalue weighted by Gasteiger charge is -1.90. The Hall–Kier alpha value is -1.72. The van der Waals surface area contributed by atoms with Crippen LogP contribution in [-0.2, 0) is 9.53 Å². The molecule has 0 fully saturated rings. The third-order valence-electron chi connectivity index (χ3n) is 1.21. The minimum absolute atomic E-state index is 0.264. The highest BCUT2D eigenvalue weighted by molar-refractivity contribution is 6.32. The van der Waals surface area contributed by atoms with E-state index < -0.39 is 0 Å². The van der Waals surface area contributed by atoms with Crippen molar-refractivity contribution in [1.82, 2.24) is 0 Å². The SMILES string of the molecule is C=CCOC(C)=O.Clc1ccc(Cl)cc1.N=C(N)N. The first-order valence-electron chi connectivity index (χ1n) is 5.04. The largest absolute Gasteiger partial charge is 0.462 e. The second kappa shape index (κ2) is 12.7. The van der Waals surface area contributed by atoms with E-state index in [4.69, 9.17) is 28.6 Å². The van der Waals surface area contributed by atoms with Gasteiger partial charge >= 0.3 is 5.97 Å². The molecule has 0 aliphatic carbocycles. The van der Waals surface area contributed by atoms with Crippen LogP contribution in [0.2, 0.25) is 10.0 Å². The molecule has 19 heavy (non-hydrogen) atoms. The van der Waals surface area contributed by atoms with Gasteiger partial charge in [0.25, 0.3) is 0 Å². The topological polar surface area (TPSA) is 102 Å². The van der Waals surface area contributed by atoms with Gasteiger partial charge in [-0.3, -0.25) is 10.2 Å². The zero-order valence-corrected chi connectivity index (χ0v) is 12.0. The maximum absolute atomic E-state index is 9.93. The molecule has 0 atom stereocenters. The van der Waals surface area contributed by atoms with Crippen LogP contribution < -0.4 is 11.5 Å². The molecule has 0 amide bonds. The number of ether oxygens (including phenoxy) is 1. The van der Waals surface area contributed by atoms with Crippen molar-refractivity contribution in [2.75, 3.05) is 6.61 Å². The number of hydrogen-bond donors (Lipinski definition) is 3. The molecule has 0 radical (unpaired) electrons. The Labute approximate surface area is 122 Å². The Bertz CT molecular complexity index is 369. The van der Waals surface area contributed by atoms with Crippen LogP contribution in [0.4, 0.5) is 0 Å². The zero-order chi connectivity index (χ0) is 15.3. The van der Waals surface area contributed by atoms with E-state index in [1.807, 2.05) is 0 Å². The third-order valence-corrected chi connectivity index (χ3v) is 1.71. The van der Waals surface area contributed by atoms with E-state index >= 15 is 0 Å². The predicted octanol–water partition coefficient (Wildman–Crippen LogP) is 2.57. The highest BCUT2D eigenvalue weighted by Gasteiger charge is 1.84. The van der Waals surface area contributed by atoms with Gasteiger partial charge in [0.2, 0.25) is 0 Å². The lowest BCUT2D eigenvalue weighted by molar-refractivity contribution is -0.139. The Morgan fingerprint density at radius 3 is 1.79 bits per heavy atom. The number of nitrogens with one attached hydrogen (secondary N) is 1. The van der Waals surface area contributed by atoms with Crippen molar-refractivity contribution >= 4 is 35.1 Å². The minimum Gasteiger partial charge on any atom is -0.462 e. The van der Waals surface area contributed by atoms with Crippen LogP contribution in [0.3, 0.4) is 0 Å². The molecule has 106 valence electrons. The van der Waals surface area contributed by atoms with Gasteiger partial charge in [-0.1, -0.05) is 35.9 Å². The number of carbonyl (C=O) groups is 1. The molecule has 0 aliphatic rings. The molecule has 0 bridgehead atoms. The Morgan fingerprint density at radius 2 is 1.63 bits per heavy atom. The monoisotopic (exact) mass is 305 g/mol. The van der Waals surface area contributed by atoms with Crippen molar-refractivity contribution in [3.8, 4) is 0 Å². The first-order chi connectivity index (χ1) is 8.79. The molecule has 1 rings (SSSR count). The van der Waals surface area contributed by atoms with Gasteiger partial charge in [-0.2, -0.15) is 0 Å². The molecule has 0 saturated heterocycles. The maximum Gasteiger partial charge on any atom is 0.302 e. The van der Waals surface area contributed by atoms with Gasteiger partial charge < -0.3 is 16.2 Å². The summed E-state index contributed by atoms with van der Waals surface area (Å²) < 4.78 is 4.43. The maximum atomic E-state index is 9.93. The molecule has 1 aromatic carbocycles. The number of benzene rings is 1. The van der Waals surface area contributed by atoms with Gasteiger partial charge in [-0.25, -0.2) is 0 Å². The molecule has 0 unspecified atom stereocenters. The highest BCUT2D eigenvalue weighted by atomic mass is 35.5. The third kappa shape index (κ3) is 22.0. The van der Waals surface area contributed by atoms with Crippen LogP contribution in [0, 0.1) is 5.41 Å². The summed E-state index contributed by atoms with van der Waals surface area (Å²) in [5, 5.41) is 7.49. The van der Waals surface area contributed by atoms with Gasteiger partial charge in [0.1, 0.15) is 6.61 Å². The van der Waals surface area contributed by atoms with Crippen LogP contribution in [0.5, 0.6) is 0 Å². The van der Waals surface area contributed by atoms with E-state index in [1.54, 1.807) is 24.3 Å². The lowest BCUT2D eigenvalue weighted by atomic mass is 10.4. The Kier molecular flexibility index (Phi) is 13.1. The molecule has 0 heterocycles. The average Bonchev–Trinajstić information content (AvgIpc) is 2.30. The molecule has 0 spiro atoms. The van der Waals surface area contributed by atoms with Crippen LogP contribution >= 0.6 is 23.2 Å². The molecule has 0 aliphatic heterocycles. The molecule has 1 aromatic rings. The number of nitrogens with two attached hydrogens (primary N) is 2. The van der Waals surface area contributed by atoms with E-state index in [2.05, 4.69) is 22.8 Å². The van der Waals surface area contributed by atoms with Crippen molar-refractivity contribution in [1.29, 1.82) is 5.41 Å². The smallest absolute Gasteiger partial charge is 0.302 e. The summed E-state index contributed by atoms with van der Waals surface area (Å²) >= 11 is 11.1. The Balaban J connectivity index is 0. The van der Waals surface area contributed by atoms with Gasteiger partial charge in [-0.15, -0.1) is 0 Å². The molecular formula is C12H17Cl2N3O2. The molecular weight excluding hydrogens is 289 g/mol. The van der Waals surface area contributed by atoms with E-state index in [0.717, 1.165) is 10.0 Å². The standard InChI is InChI=1S/C6H4Cl2.C5H8O2.CH5N3/c7-5-1-2-6(8)4-3-5;1-3-4-7-5(2)6;2-1(3)4/h1-4H;3H,1,4H2,2H3;(H5,2,3,4). The number of carbonyl (C=O) groups excluding carboxylic acids is 1. The second-order valence-electron chi connectivity index (χ2n) is 2.98. The van der Waals surface area contributed by atoms with Gasteiger partial charge in [0.15, 0.2) is 5.96 Å². The summed E-state index contributed by atoms with van der Waals surface area (Å²) in [5.74, 6) is -0.597. The normalized spacial score (nSPS) is 7.95. The predicted molar refractivity (Wildman–Crippen MR) is 79.4 cm³/mol. The lowest BCUT2D eigenvalue weighted by Crippen LogP contribution is -2.20. The van der Waals surface area contributed by atoms with Crippen molar-refractivity contribution < 1.29 is 9.53 Å².